The van der Waals surface area contributed by atoms with E-state index in [-0.39, 0.29) is 5.91 Å². The lowest BCUT2D eigenvalue weighted by Crippen LogP contribution is -2.47. The Kier molecular flexibility index (Phi) is 3.36. The van der Waals surface area contributed by atoms with Crippen LogP contribution in [0.2, 0.25) is 0 Å². The third kappa shape index (κ3) is 2.64. The molecule has 0 aromatic heterocycles. The number of anilines is 1. The first-order chi connectivity index (χ1) is 13.2. The predicted octanol–water partition coefficient (Wildman–Crippen LogP) is 5.80. The van der Waals surface area contributed by atoms with Crippen LogP contribution in [0.5, 0.6) is 0 Å². The van der Waals surface area contributed by atoms with E-state index in [4.69, 9.17) is 0 Å². The van der Waals surface area contributed by atoms with Crippen molar-refractivity contribution in [2.75, 3.05) is 5.32 Å². The first-order valence-electron chi connectivity index (χ1n) is 10.7. The van der Waals surface area contributed by atoms with Crippen molar-refractivity contribution in [1.29, 1.82) is 0 Å². The Morgan fingerprint density at radius 2 is 1.56 bits per heavy atom. The number of benzene rings is 2. The normalized spacial score (nSPS) is 32.2. The van der Waals surface area contributed by atoms with Gasteiger partial charge in [-0.3, -0.25) is 4.79 Å². The van der Waals surface area contributed by atoms with Crippen LogP contribution in [-0.2, 0) is 11.2 Å². The topological polar surface area (TPSA) is 29.1 Å². The fourth-order valence-corrected chi connectivity index (χ4v) is 7.28. The maximum absolute atomic E-state index is 12.9. The van der Waals surface area contributed by atoms with Crippen LogP contribution in [0.3, 0.4) is 0 Å². The van der Waals surface area contributed by atoms with E-state index in [2.05, 4.69) is 47.8 Å². The zero-order valence-corrected chi connectivity index (χ0v) is 15.8. The number of carbonyl (C=O) groups is 1. The highest BCUT2D eigenvalue weighted by Gasteiger charge is 2.51. The molecule has 4 bridgehead atoms. The van der Waals surface area contributed by atoms with Crippen molar-refractivity contribution in [3.8, 4) is 11.1 Å². The highest BCUT2D eigenvalue weighted by Crippen LogP contribution is 2.61. The Labute approximate surface area is 161 Å². The molecule has 2 aromatic carbocycles. The standard InChI is InChI=1S/C25H27NO/c27-24(15-25-12-16-7-17(13-25)9-18(8-16)14-25)26-21-5-6-23-20(11-21)10-19-3-1-2-4-22(19)23/h1-6,11,16-18H,7-10,12-15H2,(H,26,27). The van der Waals surface area contributed by atoms with Crippen LogP contribution in [0.1, 0.15) is 56.1 Å². The molecule has 0 aliphatic heterocycles. The maximum atomic E-state index is 12.9. The zero-order chi connectivity index (χ0) is 18.0. The van der Waals surface area contributed by atoms with Gasteiger partial charge in [0.2, 0.25) is 5.91 Å². The lowest BCUT2D eigenvalue weighted by Gasteiger charge is -2.56. The van der Waals surface area contributed by atoms with Crippen molar-refractivity contribution in [3.63, 3.8) is 0 Å². The van der Waals surface area contributed by atoms with Crippen LogP contribution < -0.4 is 5.32 Å². The summed E-state index contributed by atoms with van der Waals surface area (Å²) in [6, 6.07) is 15.1. The van der Waals surface area contributed by atoms with Crippen molar-refractivity contribution < 1.29 is 4.79 Å². The average molecular weight is 357 g/mol. The number of carbonyl (C=O) groups excluding carboxylic acids is 1. The van der Waals surface area contributed by atoms with Gasteiger partial charge in [-0.25, -0.2) is 0 Å². The Balaban J connectivity index is 1.18. The molecule has 7 rings (SSSR count). The van der Waals surface area contributed by atoms with Gasteiger partial charge in [0.25, 0.3) is 0 Å². The quantitative estimate of drug-likeness (QED) is 0.630. The molecule has 0 saturated heterocycles. The second-order valence-electron chi connectivity index (χ2n) is 9.85. The van der Waals surface area contributed by atoms with E-state index in [1.54, 1.807) is 0 Å². The Hall–Kier alpha value is -2.09. The van der Waals surface area contributed by atoms with E-state index in [0.29, 0.717) is 5.41 Å². The molecule has 4 fully saturated rings. The monoisotopic (exact) mass is 357 g/mol. The van der Waals surface area contributed by atoms with E-state index in [0.717, 1.165) is 36.3 Å². The highest BCUT2D eigenvalue weighted by molar-refractivity contribution is 5.92. The number of nitrogens with one attached hydrogen (secondary N) is 1. The highest BCUT2D eigenvalue weighted by atomic mass is 16.1. The fraction of sp³-hybridized carbons (Fsp3) is 0.480. The van der Waals surface area contributed by atoms with Gasteiger partial charge in [0, 0.05) is 12.1 Å². The minimum absolute atomic E-state index is 0.229. The van der Waals surface area contributed by atoms with Gasteiger partial charge in [-0.2, -0.15) is 0 Å². The van der Waals surface area contributed by atoms with Crippen LogP contribution in [0, 0.1) is 23.2 Å². The van der Waals surface area contributed by atoms with Gasteiger partial charge in [-0.1, -0.05) is 30.3 Å². The smallest absolute Gasteiger partial charge is 0.224 e. The second kappa shape index (κ2) is 5.70. The molecule has 27 heavy (non-hydrogen) atoms. The number of amides is 1. The van der Waals surface area contributed by atoms with Crippen LogP contribution in [-0.4, -0.2) is 5.91 Å². The summed E-state index contributed by atoms with van der Waals surface area (Å²) in [5.74, 6) is 2.94. The molecule has 1 N–H and O–H groups in total. The minimum Gasteiger partial charge on any atom is -0.326 e. The lowest BCUT2D eigenvalue weighted by atomic mass is 9.49. The molecular formula is C25H27NO. The minimum atomic E-state index is 0.229. The van der Waals surface area contributed by atoms with E-state index in [9.17, 15) is 4.79 Å². The summed E-state index contributed by atoms with van der Waals surface area (Å²) < 4.78 is 0. The molecule has 0 unspecified atom stereocenters. The molecule has 0 heterocycles. The molecular weight excluding hydrogens is 330 g/mol. The largest absolute Gasteiger partial charge is 0.326 e. The average Bonchev–Trinajstić information content (AvgIpc) is 2.97. The van der Waals surface area contributed by atoms with Crippen LogP contribution in [0.4, 0.5) is 5.69 Å². The SMILES string of the molecule is O=C(CC12CC3CC(CC(C3)C1)C2)Nc1ccc2c(c1)Cc1ccccc1-2. The molecule has 2 heteroatoms. The van der Waals surface area contributed by atoms with Crippen LogP contribution in [0.25, 0.3) is 11.1 Å². The number of rotatable bonds is 3. The van der Waals surface area contributed by atoms with Crippen molar-refractivity contribution in [1.82, 2.24) is 0 Å². The lowest BCUT2D eigenvalue weighted by molar-refractivity contribution is -0.124. The zero-order valence-electron chi connectivity index (χ0n) is 15.8. The van der Waals surface area contributed by atoms with Gasteiger partial charge in [0.15, 0.2) is 0 Å². The van der Waals surface area contributed by atoms with Gasteiger partial charge in [-0.05, 0) is 103 Å². The third-order valence-corrected chi connectivity index (χ3v) is 7.78. The number of hydrogen-bond donors (Lipinski definition) is 1. The Morgan fingerprint density at radius 3 is 2.30 bits per heavy atom. The van der Waals surface area contributed by atoms with Crippen molar-refractivity contribution in [3.05, 3.63) is 53.6 Å². The molecule has 0 spiro atoms. The van der Waals surface area contributed by atoms with Gasteiger partial charge in [-0.15, -0.1) is 0 Å². The van der Waals surface area contributed by atoms with E-state index in [1.807, 2.05) is 0 Å². The second-order valence-corrected chi connectivity index (χ2v) is 9.85. The van der Waals surface area contributed by atoms with Gasteiger partial charge in [0.05, 0.1) is 0 Å². The maximum Gasteiger partial charge on any atom is 0.224 e. The van der Waals surface area contributed by atoms with E-state index in [1.165, 1.54) is 60.8 Å². The summed E-state index contributed by atoms with van der Waals surface area (Å²) in [7, 11) is 0. The summed E-state index contributed by atoms with van der Waals surface area (Å²) >= 11 is 0. The molecule has 5 aliphatic carbocycles. The molecule has 1 amide bonds. The summed E-state index contributed by atoms with van der Waals surface area (Å²) in [5.41, 5.74) is 6.68. The first-order valence-corrected chi connectivity index (χ1v) is 10.7. The summed E-state index contributed by atoms with van der Waals surface area (Å²) in [4.78, 5) is 12.9. The molecule has 5 aliphatic rings. The first kappa shape index (κ1) is 15.9. The van der Waals surface area contributed by atoms with Crippen LogP contribution >= 0.6 is 0 Å². The van der Waals surface area contributed by atoms with Crippen molar-refractivity contribution in [2.24, 2.45) is 23.2 Å². The number of fused-ring (bicyclic) bond motifs is 3. The van der Waals surface area contributed by atoms with Crippen molar-refractivity contribution >= 4 is 11.6 Å². The molecule has 4 saturated carbocycles. The summed E-state index contributed by atoms with van der Waals surface area (Å²) in [5, 5.41) is 3.23. The van der Waals surface area contributed by atoms with Gasteiger partial charge >= 0.3 is 0 Å². The Bertz CT molecular complexity index is 892. The van der Waals surface area contributed by atoms with E-state index >= 15 is 0 Å². The Morgan fingerprint density at radius 1 is 0.889 bits per heavy atom. The summed E-state index contributed by atoms with van der Waals surface area (Å²) in [6.45, 7) is 0. The van der Waals surface area contributed by atoms with Gasteiger partial charge in [0.1, 0.15) is 0 Å². The van der Waals surface area contributed by atoms with E-state index < -0.39 is 0 Å². The molecule has 2 aromatic rings. The fourth-order valence-electron chi connectivity index (χ4n) is 7.28. The van der Waals surface area contributed by atoms with Crippen molar-refractivity contribution in [2.45, 2.75) is 51.4 Å². The van der Waals surface area contributed by atoms with Crippen LogP contribution in [0.15, 0.2) is 42.5 Å². The molecule has 0 atom stereocenters. The molecule has 2 nitrogen and oxygen atoms in total. The molecule has 0 radical (unpaired) electrons. The van der Waals surface area contributed by atoms with Gasteiger partial charge < -0.3 is 5.32 Å². The number of hydrogen-bond acceptors (Lipinski definition) is 1. The third-order valence-electron chi connectivity index (χ3n) is 7.78. The predicted molar refractivity (Wildman–Crippen MR) is 109 cm³/mol. The summed E-state index contributed by atoms with van der Waals surface area (Å²) in [6.07, 6.45) is 9.91. The molecule has 138 valence electrons.